The second kappa shape index (κ2) is 10.2. The van der Waals surface area contributed by atoms with Gasteiger partial charge in [-0.1, -0.05) is 19.8 Å². The zero-order valence-electron chi connectivity index (χ0n) is 12.8. The van der Waals surface area contributed by atoms with E-state index in [1.165, 1.54) is 6.92 Å². The highest BCUT2D eigenvalue weighted by atomic mass is 35.5. The SMILES string of the molecule is CCCCC(CN)NS(=O)(=O)c1ccc(CNC(C)=O)s1.Cl. The normalized spacial score (nSPS) is 12.5. The summed E-state index contributed by atoms with van der Waals surface area (Å²) in [5.74, 6) is -0.145. The maximum absolute atomic E-state index is 12.3. The first kappa shape index (κ1) is 21.3. The lowest BCUT2D eigenvalue weighted by Gasteiger charge is -2.15. The summed E-state index contributed by atoms with van der Waals surface area (Å²) in [6.07, 6.45) is 2.66. The van der Waals surface area contributed by atoms with Crippen molar-refractivity contribution in [2.45, 2.75) is 49.9 Å². The number of rotatable bonds is 9. The Hall–Kier alpha value is -0.670. The molecule has 0 saturated carbocycles. The molecule has 1 rings (SSSR count). The summed E-state index contributed by atoms with van der Waals surface area (Å²) >= 11 is 1.15. The molecule has 0 bridgehead atoms. The van der Waals surface area contributed by atoms with Crippen molar-refractivity contribution in [2.75, 3.05) is 6.54 Å². The third kappa shape index (κ3) is 7.06. The van der Waals surface area contributed by atoms with Crippen LogP contribution in [0.4, 0.5) is 0 Å². The van der Waals surface area contributed by atoms with Crippen molar-refractivity contribution in [2.24, 2.45) is 5.73 Å². The fourth-order valence-electron chi connectivity index (χ4n) is 1.76. The van der Waals surface area contributed by atoms with Crippen LogP contribution in [0.15, 0.2) is 16.3 Å². The Kier molecular flexibility index (Phi) is 9.86. The molecule has 1 unspecified atom stereocenters. The Bertz CT molecular complexity index is 561. The lowest BCUT2D eigenvalue weighted by molar-refractivity contribution is -0.119. The molecule has 1 aromatic heterocycles. The van der Waals surface area contributed by atoms with Gasteiger partial charge in [0.15, 0.2) is 0 Å². The van der Waals surface area contributed by atoms with Crippen molar-refractivity contribution in [3.63, 3.8) is 0 Å². The molecule has 0 aromatic carbocycles. The molecule has 0 spiro atoms. The first-order valence-corrected chi connectivity index (χ1v) is 9.24. The lowest BCUT2D eigenvalue weighted by Crippen LogP contribution is -2.39. The van der Waals surface area contributed by atoms with Crippen molar-refractivity contribution < 1.29 is 13.2 Å². The number of nitrogens with two attached hydrogens (primary N) is 1. The van der Waals surface area contributed by atoms with E-state index >= 15 is 0 Å². The minimum Gasteiger partial charge on any atom is -0.351 e. The number of sulfonamides is 1. The van der Waals surface area contributed by atoms with Gasteiger partial charge in [0.25, 0.3) is 0 Å². The van der Waals surface area contributed by atoms with Crippen molar-refractivity contribution in [3.05, 3.63) is 17.0 Å². The molecule has 1 heterocycles. The van der Waals surface area contributed by atoms with E-state index in [1.54, 1.807) is 12.1 Å². The van der Waals surface area contributed by atoms with Gasteiger partial charge >= 0.3 is 0 Å². The van der Waals surface area contributed by atoms with Crippen molar-refractivity contribution in [1.29, 1.82) is 0 Å². The van der Waals surface area contributed by atoms with Crippen molar-refractivity contribution >= 4 is 39.7 Å². The fraction of sp³-hybridized carbons (Fsp3) is 0.615. The van der Waals surface area contributed by atoms with Gasteiger partial charge in [-0.25, -0.2) is 13.1 Å². The number of thiophene rings is 1. The highest BCUT2D eigenvalue weighted by molar-refractivity contribution is 7.91. The molecule has 4 N–H and O–H groups in total. The average Bonchev–Trinajstić information content (AvgIpc) is 2.90. The largest absolute Gasteiger partial charge is 0.351 e. The molecular weight excluding hydrogens is 346 g/mol. The zero-order valence-corrected chi connectivity index (χ0v) is 15.2. The van der Waals surface area contributed by atoms with Gasteiger partial charge in [-0.3, -0.25) is 4.79 Å². The second-order valence-electron chi connectivity index (χ2n) is 4.83. The molecule has 128 valence electrons. The van der Waals surface area contributed by atoms with Gasteiger partial charge in [0.1, 0.15) is 4.21 Å². The van der Waals surface area contributed by atoms with Crippen LogP contribution in [0, 0.1) is 0 Å². The van der Waals surface area contributed by atoms with E-state index in [0.29, 0.717) is 6.54 Å². The van der Waals surface area contributed by atoms with Crippen LogP contribution in [-0.4, -0.2) is 26.9 Å². The lowest BCUT2D eigenvalue weighted by atomic mass is 10.1. The predicted molar refractivity (Wildman–Crippen MR) is 91.8 cm³/mol. The molecule has 22 heavy (non-hydrogen) atoms. The Morgan fingerprint density at radius 2 is 2.09 bits per heavy atom. The maximum atomic E-state index is 12.3. The van der Waals surface area contributed by atoms with Gasteiger partial charge in [0.05, 0.1) is 6.54 Å². The van der Waals surface area contributed by atoms with Gasteiger partial charge in [0, 0.05) is 24.4 Å². The van der Waals surface area contributed by atoms with Gasteiger partial charge in [-0.05, 0) is 18.6 Å². The first-order valence-electron chi connectivity index (χ1n) is 6.94. The summed E-state index contributed by atoms with van der Waals surface area (Å²) in [5, 5.41) is 2.64. The molecule has 6 nitrogen and oxygen atoms in total. The Morgan fingerprint density at radius 1 is 1.41 bits per heavy atom. The van der Waals surface area contributed by atoms with E-state index in [0.717, 1.165) is 35.5 Å². The highest BCUT2D eigenvalue weighted by Gasteiger charge is 2.20. The number of carbonyl (C=O) groups excluding carboxylic acids is 1. The summed E-state index contributed by atoms with van der Waals surface area (Å²) in [6, 6.07) is 3.02. The fourth-order valence-corrected chi connectivity index (χ4v) is 4.36. The minimum atomic E-state index is -3.54. The number of amides is 1. The van der Waals surface area contributed by atoms with Gasteiger partial charge in [-0.2, -0.15) is 0 Å². The summed E-state index contributed by atoms with van der Waals surface area (Å²) in [7, 11) is -3.54. The van der Waals surface area contributed by atoms with Crippen molar-refractivity contribution in [3.8, 4) is 0 Å². The molecule has 0 aliphatic rings. The molecular formula is C13H24ClN3O3S2. The molecule has 0 fully saturated rings. The molecule has 0 aliphatic heterocycles. The number of halogens is 1. The Labute approximate surface area is 142 Å². The number of unbranched alkanes of at least 4 members (excludes halogenated alkanes) is 1. The zero-order chi connectivity index (χ0) is 15.9. The Morgan fingerprint density at radius 3 is 2.64 bits per heavy atom. The molecule has 0 radical (unpaired) electrons. The molecule has 1 atom stereocenters. The van der Waals surface area contributed by atoms with E-state index in [9.17, 15) is 13.2 Å². The standard InChI is InChI=1S/C13H23N3O3S2.ClH/c1-3-4-5-11(8-14)16-21(18,19)13-7-6-12(20-13)9-15-10(2)17;/h6-7,11,16H,3-5,8-9,14H2,1-2H3,(H,15,17);1H. The number of hydrogen-bond donors (Lipinski definition) is 3. The summed E-state index contributed by atoms with van der Waals surface area (Å²) in [5.41, 5.74) is 5.61. The van der Waals surface area contributed by atoms with E-state index in [-0.39, 0.29) is 35.1 Å². The van der Waals surface area contributed by atoms with Crippen LogP contribution < -0.4 is 15.8 Å². The minimum absolute atomic E-state index is 0. The van der Waals surface area contributed by atoms with Gasteiger partial charge in [-0.15, -0.1) is 23.7 Å². The molecule has 9 heteroatoms. The van der Waals surface area contributed by atoms with E-state index < -0.39 is 10.0 Å². The van der Waals surface area contributed by atoms with Crippen LogP contribution in [0.3, 0.4) is 0 Å². The highest BCUT2D eigenvalue weighted by Crippen LogP contribution is 2.22. The third-order valence-corrected chi connectivity index (χ3v) is 6.02. The van der Waals surface area contributed by atoms with Crippen LogP contribution in [0.2, 0.25) is 0 Å². The number of nitrogens with one attached hydrogen (secondary N) is 2. The molecule has 0 saturated heterocycles. The predicted octanol–water partition coefficient (Wildman–Crippen LogP) is 1.60. The third-order valence-electron chi connectivity index (χ3n) is 2.93. The van der Waals surface area contributed by atoms with Crippen LogP contribution in [0.1, 0.15) is 38.0 Å². The van der Waals surface area contributed by atoms with Gasteiger partial charge < -0.3 is 11.1 Å². The molecule has 1 amide bonds. The van der Waals surface area contributed by atoms with Crippen LogP contribution in [-0.2, 0) is 21.4 Å². The summed E-state index contributed by atoms with van der Waals surface area (Å²) in [4.78, 5) is 11.6. The smallest absolute Gasteiger partial charge is 0.250 e. The van der Waals surface area contributed by atoms with Crippen LogP contribution in [0.25, 0.3) is 0 Å². The number of hydrogen-bond acceptors (Lipinski definition) is 5. The van der Waals surface area contributed by atoms with E-state index in [4.69, 9.17) is 5.73 Å². The summed E-state index contributed by atoms with van der Waals surface area (Å²) < 4.78 is 27.4. The van der Waals surface area contributed by atoms with Crippen LogP contribution in [0.5, 0.6) is 0 Å². The monoisotopic (exact) mass is 369 g/mol. The number of carbonyl (C=O) groups is 1. The average molecular weight is 370 g/mol. The van der Waals surface area contributed by atoms with E-state index in [1.807, 2.05) is 0 Å². The summed E-state index contributed by atoms with van der Waals surface area (Å²) in [6.45, 7) is 4.09. The molecule has 0 aliphatic carbocycles. The molecule has 1 aromatic rings. The van der Waals surface area contributed by atoms with Crippen molar-refractivity contribution in [1.82, 2.24) is 10.0 Å². The maximum Gasteiger partial charge on any atom is 0.250 e. The van der Waals surface area contributed by atoms with E-state index in [2.05, 4.69) is 17.0 Å². The quantitative estimate of drug-likeness (QED) is 0.615. The first-order chi connectivity index (χ1) is 9.89. The topological polar surface area (TPSA) is 101 Å². The van der Waals surface area contributed by atoms with Gasteiger partial charge in [0.2, 0.25) is 15.9 Å². The Balaban J connectivity index is 0.00000441. The second-order valence-corrected chi connectivity index (χ2v) is 7.94. The van der Waals surface area contributed by atoms with Crippen LogP contribution >= 0.6 is 23.7 Å².